The van der Waals surface area contributed by atoms with E-state index >= 15 is 0 Å². The first-order valence-electron chi connectivity index (χ1n) is 7.82. The van der Waals surface area contributed by atoms with Crippen LogP contribution in [-0.4, -0.2) is 19.0 Å². The summed E-state index contributed by atoms with van der Waals surface area (Å²) in [5.74, 6) is 3.49. The molecule has 0 radical (unpaired) electrons. The van der Waals surface area contributed by atoms with Gasteiger partial charge >= 0.3 is 0 Å². The second-order valence-corrected chi connectivity index (χ2v) is 5.78. The van der Waals surface area contributed by atoms with Crippen LogP contribution in [0.5, 0.6) is 0 Å². The molecule has 0 amide bonds. The van der Waals surface area contributed by atoms with Gasteiger partial charge in [0.15, 0.2) is 5.96 Å². The first-order chi connectivity index (χ1) is 9.78. The molecule has 0 bridgehead atoms. The van der Waals surface area contributed by atoms with Gasteiger partial charge in [0.25, 0.3) is 0 Å². The molecule has 0 aromatic carbocycles. The van der Waals surface area contributed by atoms with Gasteiger partial charge in [-0.3, -0.25) is 0 Å². The second kappa shape index (κ2) is 7.98. The maximum absolute atomic E-state index is 5.31. The number of nitrogens with zero attached hydrogens (tertiary/aromatic N) is 1. The lowest BCUT2D eigenvalue weighted by Crippen LogP contribution is -2.40. The molecule has 4 nitrogen and oxygen atoms in total. The smallest absolute Gasteiger partial charge is 0.191 e. The van der Waals surface area contributed by atoms with Crippen LogP contribution in [0.4, 0.5) is 0 Å². The number of hydrogen-bond donors (Lipinski definition) is 2. The SMILES string of the molecule is CCNC(=NCc1ccco1)NCC1CCC(C)CC1. The molecule has 2 N–H and O–H groups in total. The average Bonchev–Trinajstić information content (AvgIpc) is 2.97. The van der Waals surface area contributed by atoms with Gasteiger partial charge < -0.3 is 15.1 Å². The van der Waals surface area contributed by atoms with Crippen molar-refractivity contribution in [2.75, 3.05) is 13.1 Å². The Labute approximate surface area is 122 Å². The van der Waals surface area contributed by atoms with Gasteiger partial charge in [0, 0.05) is 13.1 Å². The van der Waals surface area contributed by atoms with Gasteiger partial charge in [-0.15, -0.1) is 0 Å². The summed E-state index contributed by atoms with van der Waals surface area (Å²) < 4.78 is 5.31. The summed E-state index contributed by atoms with van der Waals surface area (Å²) in [7, 11) is 0. The Bertz CT molecular complexity index is 392. The molecule has 0 aliphatic heterocycles. The van der Waals surface area contributed by atoms with Gasteiger partial charge in [-0.25, -0.2) is 4.99 Å². The highest BCUT2D eigenvalue weighted by atomic mass is 16.3. The van der Waals surface area contributed by atoms with E-state index in [1.807, 2.05) is 12.1 Å². The number of aliphatic imine (C=N–C) groups is 1. The Morgan fingerprint density at radius 1 is 1.30 bits per heavy atom. The summed E-state index contributed by atoms with van der Waals surface area (Å²) in [6.45, 7) is 6.94. The van der Waals surface area contributed by atoms with Crippen LogP contribution in [0.25, 0.3) is 0 Å². The van der Waals surface area contributed by atoms with Crippen LogP contribution < -0.4 is 10.6 Å². The fraction of sp³-hybridized carbons (Fsp3) is 0.688. The summed E-state index contributed by atoms with van der Waals surface area (Å²) in [5, 5.41) is 6.76. The minimum Gasteiger partial charge on any atom is -0.467 e. The summed E-state index contributed by atoms with van der Waals surface area (Å²) in [6.07, 6.45) is 7.10. The number of guanidine groups is 1. The molecule has 2 rings (SSSR count). The fourth-order valence-electron chi connectivity index (χ4n) is 2.68. The lowest BCUT2D eigenvalue weighted by atomic mass is 9.83. The largest absolute Gasteiger partial charge is 0.467 e. The zero-order chi connectivity index (χ0) is 14.2. The van der Waals surface area contributed by atoms with Crippen molar-refractivity contribution in [1.29, 1.82) is 0 Å². The average molecular weight is 277 g/mol. The molecule has 1 aliphatic carbocycles. The number of furan rings is 1. The number of rotatable bonds is 5. The molecule has 20 heavy (non-hydrogen) atoms. The van der Waals surface area contributed by atoms with Crippen molar-refractivity contribution in [2.24, 2.45) is 16.8 Å². The van der Waals surface area contributed by atoms with Gasteiger partial charge in [0.1, 0.15) is 12.3 Å². The zero-order valence-corrected chi connectivity index (χ0v) is 12.7. The lowest BCUT2D eigenvalue weighted by Gasteiger charge is -2.26. The van der Waals surface area contributed by atoms with E-state index in [0.29, 0.717) is 6.54 Å². The van der Waals surface area contributed by atoms with Crippen LogP contribution >= 0.6 is 0 Å². The van der Waals surface area contributed by atoms with Crippen molar-refractivity contribution >= 4 is 5.96 Å². The highest BCUT2D eigenvalue weighted by Crippen LogP contribution is 2.27. The van der Waals surface area contributed by atoms with E-state index in [1.165, 1.54) is 25.7 Å². The molecule has 0 unspecified atom stereocenters. The van der Waals surface area contributed by atoms with E-state index in [2.05, 4.69) is 29.5 Å². The third-order valence-electron chi connectivity index (χ3n) is 4.01. The molecule has 0 spiro atoms. The minimum absolute atomic E-state index is 0.587. The first kappa shape index (κ1) is 14.9. The van der Waals surface area contributed by atoms with Crippen molar-refractivity contribution in [3.05, 3.63) is 24.2 Å². The molecule has 4 heteroatoms. The van der Waals surface area contributed by atoms with E-state index in [9.17, 15) is 0 Å². The van der Waals surface area contributed by atoms with Crippen LogP contribution in [0.3, 0.4) is 0 Å². The van der Waals surface area contributed by atoms with Crippen molar-refractivity contribution in [1.82, 2.24) is 10.6 Å². The normalized spacial score (nSPS) is 23.6. The van der Waals surface area contributed by atoms with Crippen molar-refractivity contribution < 1.29 is 4.42 Å². The molecule has 112 valence electrons. The maximum Gasteiger partial charge on any atom is 0.191 e. The van der Waals surface area contributed by atoms with E-state index < -0.39 is 0 Å². The number of hydrogen-bond acceptors (Lipinski definition) is 2. The fourth-order valence-corrected chi connectivity index (χ4v) is 2.68. The molecular formula is C16H27N3O. The Balaban J connectivity index is 1.78. The van der Waals surface area contributed by atoms with Gasteiger partial charge in [0.05, 0.1) is 6.26 Å². The second-order valence-electron chi connectivity index (χ2n) is 5.78. The minimum atomic E-state index is 0.587. The Morgan fingerprint density at radius 2 is 2.10 bits per heavy atom. The van der Waals surface area contributed by atoms with E-state index in [-0.39, 0.29) is 0 Å². The summed E-state index contributed by atoms with van der Waals surface area (Å²) in [5.41, 5.74) is 0. The van der Waals surface area contributed by atoms with Gasteiger partial charge in [-0.2, -0.15) is 0 Å². The van der Waals surface area contributed by atoms with Crippen LogP contribution in [-0.2, 0) is 6.54 Å². The number of nitrogens with one attached hydrogen (secondary N) is 2. The molecule has 0 atom stereocenters. The molecule has 0 saturated heterocycles. The van der Waals surface area contributed by atoms with Crippen LogP contribution in [0.2, 0.25) is 0 Å². The van der Waals surface area contributed by atoms with E-state index in [0.717, 1.165) is 36.6 Å². The monoisotopic (exact) mass is 277 g/mol. The third kappa shape index (κ3) is 4.91. The molecule has 1 aliphatic rings. The highest BCUT2D eigenvalue weighted by molar-refractivity contribution is 5.79. The van der Waals surface area contributed by atoms with Crippen LogP contribution in [0.1, 0.15) is 45.3 Å². The molecular weight excluding hydrogens is 250 g/mol. The predicted octanol–water partition coefficient (Wildman–Crippen LogP) is 3.16. The summed E-state index contributed by atoms with van der Waals surface area (Å²) in [6, 6.07) is 3.85. The standard InChI is InChI=1S/C16H27N3O/c1-3-17-16(19-12-15-5-4-10-20-15)18-11-14-8-6-13(2)7-9-14/h4-5,10,13-14H,3,6-9,11-12H2,1-2H3,(H2,17,18,19). The quantitative estimate of drug-likeness (QED) is 0.642. The van der Waals surface area contributed by atoms with Crippen LogP contribution in [0.15, 0.2) is 27.8 Å². The highest BCUT2D eigenvalue weighted by Gasteiger charge is 2.18. The van der Waals surface area contributed by atoms with E-state index in [4.69, 9.17) is 4.42 Å². The van der Waals surface area contributed by atoms with Crippen molar-refractivity contribution in [3.63, 3.8) is 0 Å². The Kier molecular flexibility index (Phi) is 5.96. The molecule has 1 saturated carbocycles. The zero-order valence-electron chi connectivity index (χ0n) is 12.7. The van der Waals surface area contributed by atoms with E-state index in [1.54, 1.807) is 6.26 Å². The summed E-state index contributed by atoms with van der Waals surface area (Å²) >= 11 is 0. The Hall–Kier alpha value is -1.45. The third-order valence-corrected chi connectivity index (χ3v) is 4.01. The maximum atomic E-state index is 5.31. The van der Waals surface area contributed by atoms with Gasteiger partial charge in [-0.1, -0.05) is 19.8 Å². The van der Waals surface area contributed by atoms with Crippen molar-refractivity contribution in [3.8, 4) is 0 Å². The molecule has 1 aromatic rings. The van der Waals surface area contributed by atoms with Gasteiger partial charge in [0.2, 0.25) is 0 Å². The molecule has 1 heterocycles. The Morgan fingerprint density at radius 3 is 2.75 bits per heavy atom. The molecule has 1 aromatic heterocycles. The van der Waals surface area contributed by atoms with Gasteiger partial charge in [-0.05, 0) is 43.7 Å². The lowest BCUT2D eigenvalue weighted by molar-refractivity contribution is 0.289. The van der Waals surface area contributed by atoms with Crippen molar-refractivity contribution in [2.45, 2.75) is 46.1 Å². The van der Waals surface area contributed by atoms with Crippen LogP contribution in [0, 0.1) is 11.8 Å². The molecule has 1 fully saturated rings. The predicted molar refractivity (Wildman–Crippen MR) is 82.6 cm³/mol. The first-order valence-corrected chi connectivity index (χ1v) is 7.82. The topological polar surface area (TPSA) is 49.6 Å². The summed E-state index contributed by atoms with van der Waals surface area (Å²) in [4.78, 5) is 4.56.